The predicted octanol–water partition coefficient (Wildman–Crippen LogP) is -2.21. The second-order valence-electron chi connectivity index (χ2n) is 3.60. The number of rotatable bonds is 4. The summed E-state index contributed by atoms with van der Waals surface area (Å²) in [6.07, 6.45) is -2.35. The van der Waals surface area contributed by atoms with Crippen LogP contribution in [0.4, 0.5) is 0 Å². The zero-order valence-corrected chi connectivity index (χ0v) is 8.48. The van der Waals surface area contributed by atoms with Crippen molar-refractivity contribution < 1.29 is 30.0 Å². The van der Waals surface area contributed by atoms with Gasteiger partial charge >= 0.3 is 5.97 Å². The molecule has 1 aliphatic heterocycles. The standard InChI is InChI=1S/C9H15NO6/c10-4-1-2-6(9(14)15)16-8(4)7(13)5(12)3-11/h2,4-5,7-8,11-13H,1,3,10H2,(H,14,15)/t4-,5-,7-,8+/m1/s1. The van der Waals surface area contributed by atoms with E-state index >= 15 is 0 Å². The van der Waals surface area contributed by atoms with E-state index in [-0.39, 0.29) is 12.2 Å². The van der Waals surface area contributed by atoms with Gasteiger partial charge in [-0.15, -0.1) is 0 Å². The number of aliphatic carboxylic acids is 1. The maximum absolute atomic E-state index is 10.6. The summed E-state index contributed by atoms with van der Waals surface area (Å²) >= 11 is 0. The number of carbonyl (C=O) groups is 1. The third kappa shape index (κ3) is 2.70. The van der Waals surface area contributed by atoms with Crippen molar-refractivity contribution in [3.8, 4) is 0 Å². The average Bonchev–Trinajstić information content (AvgIpc) is 2.27. The van der Waals surface area contributed by atoms with Gasteiger partial charge in [0.1, 0.15) is 18.3 Å². The molecule has 0 saturated carbocycles. The van der Waals surface area contributed by atoms with Crippen molar-refractivity contribution in [2.45, 2.75) is 30.8 Å². The Hall–Kier alpha value is -1.15. The van der Waals surface area contributed by atoms with E-state index in [1.54, 1.807) is 0 Å². The molecule has 7 nitrogen and oxygen atoms in total. The van der Waals surface area contributed by atoms with Crippen molar-refractivity contribution in [1.82, 2.24) is 0 Å². The maximum Gasteiger partial charge on any atom is 0.370 e. The Bertz CT molecular complexity index is 292. The highest BCUT2D eigenvalue weighted by Gasteiger charge is 2.36. The molecular formula is C9H15NO6. The molecule has 16 heavy (non-hydrogen) atoms. The Morgan fingerprint density at radius 2 is 2.25 bits per heavy atom. The third-order valence-corrected chi connectivity index (χ3v) is 2.39. The number of carboxylic acid groups (broad SMARTS) is 1. The van der Waals surface area contributed by atoms with Gasteiger partial charge in [0.2, 0.25) is 5.76 Å². The van der Waals surface area contributed by atoms with Gasteiger partial charge < -0.3 is 30.9 Å². The predicted molar refractivity (Wildman–Crippen MR) is 52.3 cm³/mol. The minimum Gasteiger partial charge on any atom is -0.479 e. The van der Waals surface area contributed by atoms with E-state index in [1.807, 2.05) is 0 Å². The first-order valence-corrected chi connectivity index (χ1v) is 4.80. The Morgan fingerprint density at radius 1 is 1.62 bits per heavy atom. The van der Waals surface area contributed by atoms with Crippen LogP contribution in [0.2, 0.25) is 0 Å². The molecule has 0 amide bonds. The van der Waals surface area contributed by atoms with E-state index in [2.05, 4.69) is 0 Å². The Kier molecular flexibility index (Phi) is 4.25. The molecule has 0 aromatic heterocycles. The van der Waals surface area contributed by atoms with Crippen molar-refractivity contribution in [2.24, 2.45) is 5.73 Å². The molecular weight excluding hydrogens is 218 g/mol. The monoisotopic (exact) mass is 233 g/mol. The second-order valence-corrected chi connectivity index (χ2v) is 3.60. The van der Waals surface area contributed by atoms with Gasteiger partial charge in [0.05, 0.1) is 6.61 Å². The summed E-state index contributed by atoms with van der Waals surface area (Å²) in [5, 5.41) is 36.1. The molecule has 7 heteroatoms. The zero-order chi connectivity index (χ0) is 12.3. The van der Waals surface area contributed by atoms with Crippen LogP contribution in [-0.2, 0) is 9.53 Å². The van der Waals surface area contributed by atoms with Gasteiger partial charge in [-0.3, -0.25) is 0 Å². The highest BCUT2D eigenvalue weighted by molar-refractivity contribution is 5.84. The van der Waals surface area contributed by atoms with Crippen LogP contribution in [0.1, 0.15) is 6.42 Å². The van der Waals surface area contributed by atoms with E-state index in [0.717, 1.165) is 0 Å². The number of hydrogen-bond acceptors (Lipinski definition) is 6. The Morgan fingerprint density at radius 3 is 2.75 bits per heavy atom. The van der Waals surface area contributed by atoms with Crippen molar-refractivity contribution in [3.63, 3.8) is 0 Å². The molecule has 0 radical (unpaired) electrons. The van der Waals surface area contributed by atoms with E-state index < -0.39 is 36.9 Å². The van der Waals surface area contributed by atoms with Crippen LogP contribution < -0.4 is 5.73 Å². The minimum absolute atomic E-state index is 0.224. The summed E-state index contributed by atoms with van der Waals surface area (Å²) in [5.74, 6) is -1.57. The number of ether oxygens (including phenoxy) is 1. The smallest absolute Gasteiger partial charge is 0.370 e. The van der Waals surface area contributed by atoms with E-state index in [0.29, 0.717) is 0 Å². The lowest BCUT2D eigenvalue weighted by Crippen LogP contribution is -2.52. The fraction of sp³-hybridized carbons (Fsp3) is 0.667. The largest absolute Gasteiger partial charge is 0.479 e. The number of hydrogen-bond donors (Lipinski definition) is 5. The molecule has 92 valence electrons. The van der Waals surface area contributed by atoms with Gasteiger partial charge in [-0.05, 0) is 12.5 Å². The first-order valence-electron chi connectivity index (χ1n) is 4.80. The van der Waals surface area contributed by atoms with Crippen molar-refractivity contribution in [3.05, 3.63) is 11.8 Å². The maximum atomic E-state index is 10.6. The SMILES string of the molecule is N[C@@H]1CC=C(C(=O)O)O[C@@H]1[C@H](O)[C@H](O)CO. The van der Waals surface area contributed by atoms with E-state index in [1.165, 1.54) is 6.08 Å². The molecule has 1 rings (SSSR count). The summed E-state index contributed by atoms with van der Waals surface area (Å²) in [6.45, 7) is -0.653. The number of aliphatic hydroxyl groups excluding tert-OH is 3. The molecule has 0 bridgehead atoms. The average molecular weight is 233 g/mol. The number of nitrogens with two attached hydrogens (primary N) is 1. The molecule has 6 N–H and O–H groups in total. The van der Waals surface area contributed by atoms with Crippen LogP contribution in [-0.4, -0.2) is 57.4 Å². The van der Waals surface area contributed by atoms with Crippen LogP contribution in [0.5, 0.6) is 0 Å². The second kappa shape index (κ2) is 5.26. The number of carboxylic acids is 1. The summed E-state index contributed by atoms with van der Waals surface area (Å²) < 4.78 is 4.96. The normalized spacial score (nSPS) is 28.9. The lowest BCUT2D eigenvalue weighted by Gasteiger charge is -2.33. The van der Waals surface area contributed by atoms with Gasteiger partial charge in [0.25, 0.3) is 0 Å². The Balaban J connectivity index is 2.74. The third-order valence-electron chi connectivity index (χ3n) is 2.39. The molecule has 0 unspecified atom stereocenters. The highest BCUT2D eigenvalue weighted by atomic mass is 16.5. The molecule has 0 aliphatic carbocycles. The van der Waals surface area contributed by atoms with Crippen LogP contribution >= 0.6 is 0 Å². The van der Waals surface area contributed by atoms with Crippen LogP contribution in [0.25, 0.3) is 0 Å². The zero-order valence-electron chi connectivity index (χ0n) is 8.48. The van der Waals surface area contributed by atoms with Crippen LogP contribution in [0.15, 0.2) is 11.8 Å². The van der Waals surface area contributed by atoms with E-state index in [4.69, 9.17) is 20.7 Å². The van der Waals surface area contributed by atoms with E-state index in [9.17, 15) is 15.0 Å². The van der Waals surface area contributed by atoms with Crippen LogP contribution in [0, 0.1) is 0 Å². The molecule has 4 atom stereocenters. The molecule has 0 saturated heterocycles. The van der Waals surface area contributed by atoms with Crippen molar-refractivity contribution in [1.29, 1.82) is 0 Å². The first-order chi connectivity index (χ1) is 7.47. The lowest BCUT2D eigenvalue weighted by atomic mass is 9.97. The summed E-state index contributed by atoms with van der Waals surface area (Å²) in [5.41, 5.74) is 5.62. The van der Waals surface area contributed by atoms with Gasteiger partial charge in [-0.2, -0.15) is 0 Å². The molecule has 0 spiro atoms. The first kappa shape index (κ1) is 12.9. The molecule has 1 aliphatic rings. The quantitative estimate of drug-likeness (QED) is 0.371. The fourth-order valence-electron chi connectivity index (χ4n) is 1.45. The van der Waals surface area contributed by atoms with Gasteiger partial charge in [0.15, 0.2) is 0 Å². The molecule has 0 fully saturated rings. The Labute approximate surface area is 91.8 Å². The van der Waals surface area contributed by atoms with Crippen molar-refractivity contribution in [2.75, 3.05) is 6.61 Å². The fourth-order valence-corrected chi connectivity index (χ4v) is 1.45. The molecule has 0 aromatic rings. The van der Waals surface area contributed by atoms with Crippen LogP contribution in [0.3, 0.4) is 0 Å². The number of aliphatic hydroxyl groups is 3. The topological polar surface area (TPSA) is 133 Å². The van der Waals surface area contributed by atoms with Gasteiger partial charge in [-0.25, -0.2) is 4.79 Å². The summed E-state index contributed by atoms with van der Waals surface area (Å²) in [6, 6.07) is -0.626. The lowest BCUT2D eigenvalue weighted by molar-refractivity contribution is -0.143. The summed E-state index contributed by atoms with van der Waals surface area (Å²) in [7, 11) is 0. The van der Waals surface area contributed by atoms with Crippen molar-refractivity contribution >= 4 is 5.97 Å². The highest BCUT2D eigenvalue weighted by Crippen LogP contribution is 2.20. The summed E-state index contributed by atoms with van der Waals surface area (Å²) in [4.78, 5) is 10.6. The molecule has 1 heterocycles. The van der Waals surface area contributed by atoms with Gasteiger partial charge in [-0.1, -0.05) is 0 Å². The minimum atomic E-state index is -1.43. The molecule has 0 aromatic carbocycles. The van der Waals surface area contributed by atoms with Gasteiger partial charge in [0, 0.05) is 6.04 Å².